The molecule has 1 aliphatic heterocycles. The van der Waals surface area contributed by atoms with Crippen molar-refractivity contribution < 1.29 is 0 Å². The SMILES string of the molecule is C=C1/C=C\C=C/N(c2cccc(C)c2)/C=C\C(NC2=C(C(=C)/C=C\C=C/C)C=CC2)=C/C1=C. The van der Waals surface area contributed by atoms with Crippen LogP contribution in [0.4, 0.5) is 5.69 Å². The van der Waals surface area contributed by atoms with Gasteiger partial charge >= 0.3 is 0 Å². The second-order valence-electron chi connectivity index (χ2n) is 7.95. The van der Waals surface area contributed by atoms with E-state index in [0.717, 1.165) is 45.8 Å². The topological polar surface area (TPSA) is 15.3 Å². The maximum absolute atomic E-state index is 4.25. The first-order valence-electron chi connectivity index (χ1n) is 11.1. The summed E-state index contributed by atoms with van der Waals surface area (Å²) in [7, 11) is 0. The van der Waals surface area contributed by atoms with E-state index in [0.29, 0.717) is 0 Å². The first kappa shape index (κ1) is 23.6. The number of aryl methyl sites for hydroxylation is 1. The number of rotatable bonds is 6. The van der Waals surface area contributed by atoms with Crippen molar-refractivity contribution in [3.05, 3.63) is 162 Å². The molecule has 33 heavy (non-hydrogen) atoms. The number of nitrogens with one attached hydrogen (secondary N) is 1. The molecule has 2 aliphatic rings. The highest BCUT2D eigenvalue weighted by Crippen LogP contribution is 2.26. The van der Waals surface area contributed by atoms with Crippen LogP contribution in [0.15, 0.2) is 157 Å². The molecule has 0 fully saturated rings. The second-order valence-corrected chi connectivity index (χ2v) is 7.95. The fraction of sp³-hybridized carbons (Fsp3) is 0.0968. The molecule has 1 aromatic rings. The lowest BCUT2D eigenvalue weighted by molar-refractivity contribution is 0.951. The zero-order valence-electron chi connectivity index (χ0n) is 19.6. The molecular formula is C31H32N2. The van der Waals surface area contributed by atoms with Gasteiger partial charge in [0.15, 0.2) is 0 Å². The molecule has 0 spiro atoms. The largest absolute Gasteiger partial charge is 0.358 e. The normalized spacial score (nSPS) is 21.3. The predicted octanol–water partition coefficient (Wildman–Crippen LogP) is 7.89. The average molecular weight is 433 g/mol. The summed E-state index contributed by atoms with van der Waals surface area (Å²) in [5.74, 6) is 0. The second kappa shape index (κ2) is 11.5. The summed E-state index contributed by atoms with van der Waals surface area (Å²) >= 11 is 0. The van der Waals surface area contributed by atoms with Crippen LogP contribution in [0.5, 0.6) is 0 Å². The lowest BCUT2D eigenvalue weighted by atomic mass is 10.1. The van der Waals surface area contributed by atoms with Gasteiger partial charge in [0.2, 0.25) is 0 Å². The van der Waals surface area contributed by atoms with Crippen molar-refractivity contribution >= 4 is 5.69 Å². The highest BCUT2D eigenvalue weighted by Gasteiger charge is 2.12. The van der Waals surface area contributed by atoms with E-state index in [1.54, 1.807) is 0 Å². The lowest BCUT2D eigenvalue weighted by Crippen LogP contribution is -2.14. The number of hydrogen-bond donors (Lipinski definition) is 1. The van der Waals surface area contributed by atoms with Crippen molar-refractivity contribution in [3.8, 4) is 0 Å². The van der Waals surface area contributed by atoms with Crippen LogP contribution in [-0.4, -0.2) is 0 Å². The van der Waals surface area contributed by atoms with E-state index in [2.05, 4.69) is 85.6 Å². The van der Waals surface area contributed by atoms with Gasteiger partial charge in [-0.3, -0.25) is 0 Å². The summed E-state index contributed by atoms with van der Waals surface area (Å²) < 4.78 is 0. The fourth-order valence-corrected chi connectivity index (χ4v) is 3.47. The molecule has 1 aliphatic carbocycles. The Balaban J connectivity index is 1.95. The maximum Gasteiger partial charge on any atom is 0.0451 e. The van der Waals surface area contributed by atoms with Crippen LogP contribution in [0.2, 0.25) is 0 Å². The maximum atomic E-state index is 4.25. The Kier molecular flexibility index (Phi) is 8.26. The molecule has 0 unspecified atom stereocenters. The van der Waals surface area contributed by atoms with Gasteiger partial charge in [0.05, 0.1) is 0 Å². The van der Waals surface area contributed by atoms with E-state index >= 15 is 0 Å². The molecule has 2 nitrogen and oxygen atoms in total. The Morgan fingerprint density at radius 3 is 2.67 bits per heavy atom. The molecule has 2 heteroatoms. The van der Waals surface area contributed by atoms with Crippen molar-refractivity contribution in [1.82, 2.24) is 5.32 Å². The van der Waals surface area contributed by atoms with Crippen LogP contribution in [0, 0.1) is 6.92 Å². The van der Waals surface area contributed by atoms with Gasteiger partial charge in [-0.15, -0.1) is 0 Å². The molecule has 1 N–H and O–H groups in total. The summed E-state index contributed by atoms with van der Waals surface area (Å²) in [5.41, 5.74) is 8.17. The van der Waals surface area contributed by atoms with Crippen LogP contribution in [0.25, 0.3) is 0 Å². The van der Waals surface area contributed by atoms with Gasteiger partial charge in [-0.2, -0.15) is 0 Å². The number of allylic oxidation sites excluding steroid dienone is 15. The third kappa shape index (κ3) is 6.72. The van der Waals surface area contributed by atoms with Gasteiger partial charge < -0.3 is 10.2 Å². The predicted molar refractivity (Wildman–Crippen MR) is 144 cm³/mol. The van der Waals surface area contributed by atoms with Crippen LogP contribution in [0.1, 0.15) is 18.9 Å². The van der Waals surface area contributed by atoms with E-state index in [4.69, 9.17) is 0 Å². The smallest absolute Gasteiger partial charge is 0.0451 e. The molecule has 0 saturated heterocycles. The fourth-order valence-electron chi connectivity index (χ4n) is 3.47. The van der Waals surface area contributed by atoms with Crippen molar-refractivity contribution in [2.45, 2.75) is 20.3 Å². The van der Waals surface area contributed by atoms with Crippen LogP contribution < -0.4 is 10.2 Å². The number of benzene rings is 1. The summed E-state index contributed by atoms with van der Waals surface area (Å²) in [6, 6.07) is 8.43. The summed E-state index contributed by atoms with van der Waals surface area (Å²) in [4.78, 5) is 2.10. The molecule has 1 heterocycles. The Hall–Kier alpha value is -4.04. The standard InChI is InChI=1S/C31H32N2/c1-6-7-8-15-26(4)30-17-12-18-31(30)32-28-19-21-33(29-16-11-13-24(2)22-29)20-10-9-14-25(3)27(5)23-28/h6-17,19-23,32H,3-5,18H2,1-2H3/b7-6-,14-9-,15-8-,20-10-,21-19-,28-23+. The summed E-state index contributed by atoms with van der Waals surface area (Å²) in [6.45, 7) is 16.7. The molecule has 0 saturated carbocycles. The van der Waals surface area contributed by atoms with Gasteiger partial charge in [0.1, 0.15) is 0 Å². The lowest BCUT2D eigenvalue weighted by Gasteiger charge is -2.17. The Bertz CT molecular complexity index is 1170. The molecule has 166 valence electrons. The highest BCUT2D eigenvalue weighted by molar-refractivity contribution is 5.57. The van der Waals surface area contributed by atoms with Crippen molar-refractivity contribution in [2.24, 2.45) is 0 Å². The monoisotopic (exact) mass is 432 g/mol. The van der Waals surface area contributed by atoms with Gasteiger partial charge in [-0.05, 0) is 66.5 Å². The minimum absolute atomic E-state index is 0.825. The average Bonchev–Trinajstić information content (AvgIpc) is 3.25. The molecule has 1 aromatic carbocycles. The first-order chi connectivity index (χ1) is 16.0. The van der Waals surface area contributed by atoms with E-state index in [1.807, 2.05) is 61.7 Å². The van der Waals surface area contributed by atoms with Crippen LogP contribution in [0.3, 0.4) is 0 Å². The van der Waals surface area contributed by atoms with Crippen molar-refractivity contribution in [1.29, 1.82) is 0 Å². The van der Waals surface area contributed by atoms with Gasteiger partial charge in [0.25, 0.3) is 0 Å². The summed E-state index contributed by atoms with van der Waals surface area (Å²) in [6.07, 6.45) is 27.3. The Morgan fingerprint density at radius 1 is 1.03 bits per heavy atom. The van der Waals surface area contributed by atoms with Gasteiger partial charge in [0, 0.05) is 41.5 Å². The molecule has 0 amide bonds. The summed E-state index contributed by atoms with van der Waals surface area (Å²) in [5, 5.41) is 3.61. The quantitative estimate of drug-likeness (QED) is 0.460. The molecule has 3 rings (SSSR count). The zero-order valence-corrected chi connectivity index (χ0v) is 19.6. The third-order valence-electron chi connectivity index (χ3n) is 5.29. The Morgan fingerprint density at radius 2 is 1.88 bits per heavy atom. The third-order valence-corrected chi connectivity index (χ3v) is 5.29. The number of nitrogens with zero attached hydrogens (tertiary/aromatic N) is 1. The van der Waals surface area contributed by atoms with E-state index in [-0.39, 0.29) is 0 Å². The highest BCUT2D eigenvalue weighted by atomic mass is 15.1. The van der Waals surface area contributed by atoms with Crippen molar-refractivity contribution in [2.75, 3.05) is 4.90 Å². The number of hydrogen-bond acceptors (Lipinski definition) is 2. The number of anilines is 1. The van der Waals surface area contributed by atoms with E-state index in [1.165, 1.54) is 5.56 Å². The molecule has 0 radical (unpaired) electrons. The molecule has 0 bridgehead atoms. The Labute approximate surface area is 198 Å². The minimum Gasteiger partial charge on any atom is -0.358 e. The van der Waals surface area contributed by atoms with Gasteiger partial charge in [-0.25, -0.2) is 0 Å². The van der Waals surface area contributed by atoms with Crippen LogP contribution >= 0.6 is 0 Å². The minimum atomic E-state index is 0.825. The van der Waals surface area contributed by atoms with Gasteiger partial charge in [-0.1, -0.05) is 80.5 Å². The van der Waals surface area contributed by atoms with E-state index in [9.17, 15) is 0 Å². The zero-order chi connectivity index (χ0) is 23.6. The van der Waals surface area contributed by atoms with Crippen LogP contribution in [-0.2, 0) is 0 Å². The molecular weight excluding hydrogens is 400 g/mol. The first-order valence-corrected chi connectivity index (χ1v) is 11.1. The van der Waals surface area contributed by atoms with Crippen molar-refractivity contribution in [3.63, 3.8) is 0 Å². The van der Waals surface area contributed by atoms with E-state index < -0.39 is 0 Å². The molecule has 0 aromatic heterocycles. The molecule has 0 atom stereocenters.